The molecule has 3 saturated heterocycles. The van der Waals surface area contributed by atoms with Crippen molar-refractivity contribution in [2.24, 2.45) is 17.3 Å². The van der Waals surface area contributed by atoms with Gasteiger partial charge in [0.15, 0.2) is 6.29 Å². The van der Waals surface area contributed by atoms with Crippen LogP contribution in [0.4, 0.5) is 4.79 Å². The maximum Gasteiger partial charge on any atom is 0.410 e. The molecule has 11 nitrogen and oxygen atoms in total. The number of hydrogen-bond donors (Lipinski definition) is 1. The highest BCUT2D eigenvalue weighted by molar-refractivity contribution is 5.87. The zero-order valence-electron chi connectivity index (χ0n) is 26.7. The highest BCUT2D eigenvalue weighted by Crippen LogP contribution is 2.62. The van der Waals surface area contributed by atoms with Crippen LogP contribution in [0.25, 0.3) is 0 Å². The Labute approximate surface area is 260 Å². The Bertz CT molecular complexity index is 1190. The fraction of sp³-hybridized carbons (Fsp3) is 0.727. The lowest BCUT2D eigenvalue weighted by molar-refractivity contribution is -0.217. The third-order valence-electron chi connectivity index (χ3n) is 9.76. The number of methoxy groups -OCH3 is 1. The molecule has 1 saturated carbocycles. The van der Waals surface area contributed by atoms with Gasteiger partial charge in [-0.25, -0.2) is 4.79 Å². The average molecular weight is 617 g/mol. The van der Waals surface area contributed by atoms with Gasteiger partial charge < -0.3 is 38.6 Å². The van der Waals surface area contributed by atoms with Crippen LogP contribution in [-0.2, 0) is 35.1 Å². The van der Waals surface area contributed by atoms with Crippen LogP contribution in [0, 0.1) is 17.3 Å². The Morgan fingerprint density at radius 3 is 2.50 bits per heavy atom. The number of carbonyl (C=O) groups is 3. The molecule has 244 valence electrons. The first-order valence-electron chi connectivity index (χ1n) is 15.9. The van der Waals surface area contributed by atoms with E-state index in [9.17, 15) is 19.5 Å². The number of hydrogen-bond acceptors (Lipinski definition) is 9. The van der Waals surface area contributed by atoms with E-state index in [1.165, 1.54) is 0 Å². The molecule has 2 amide bonds. The number of aliphatic hydroxyl groups excluding tert-OH is 1. The second-order valence-electron chi connectivity index (χ2n) is 13.7. The van der Waals surface area contributed by atoms with Crippen LogP contribution in [0.1, 0.15) is 71.8 Å². The lowest BCUT2D eigenvalue weighted by Gasteiger charge is -2.62. The summed E-state index contributed by atoms with van der Waals surface area (Å²) in [5, 5.41) is 11.3. The van der Waals surface area contributed by atoms with Gasteiger partial charge >= 0.3 is 12.1 Å². The molecule has 1 aromatic rings. The Morgan fingerprint density at radius 2 is 1.89 bits per heavy atom. The number of carbonyl (C=O) groups excluding carboxylic acids is 3. The second-order valence-corrected chi connectivity index (χ2v) is 13.7. The van der Waals surface area contributed by atoms with E-state index in [-0.39, 0.29) is 44.6 Å². The van der Waals surface area contributed by atoms with Gasteiger partial charge in [0.25, 0.3) is 0 Å². The van der Waals surface area contributed by atoms with Crippen LogP contribution in [-0.4, -0.2) is 96.4 Å². The fourth-order valence-corrected chi connectivity index (χ4v) is 8.10. The Balaban J connectivity index is 1.63. The SMILES string of the molecule is CCOC(=O)C[C@]12[C@@H]3CCN(C(=O)OC(C)(C)C)[C@H]1[C@](CO)(COC1CCCCO1)C[C@@H]3C(=O)N2Cc1ccc(OC)cc1. The minimum atomic E-state index is -1.15. The van der Waals surface area contributed by atoms with E-state index in [0.717, 1.165) is 24.8 Å². The highest BCUT2D eigenvalue weighted by Gasteiger charge is 2.74. The highest BCUT2D eigenvalue weighted by atomic mass is 16.7. The quantitative estimate of drug-likeness (QED) is 0.390. The number of aliphatic hydroxyl groups is 1. The van der Waals surface area contributed by atoms with E-state index in [1.54, 1.807) is 44.6 Å². The summed E-state index contributed by atoms with van der Waals surface area (Å²) in [6.45, 7) is 8.22. The number of amides is 2. The normalized spacial score (nSPS) is 31.5. The van der Waals surface area contributed by atoms with Gasteiger partial charge in [-0.15, -0.1) is 0 Å². The molecule has 44 heavy (non-hydrogen) atoms. The van der Waals surface area contributed by atoms with E-state index in [4.69, 9.17) is 23.7 Å². The number of likely N-dealkylation sites (tertiary alicyclic amines) is 2. The van der Waals surface area contributed by atoms with E-state index >= 15 is 0 Å². The first-order chi connectivity index (χ1) is 21.0. The zero-order valence-corrected chi connectivity index (χ0v) is 26.7. The summed E-state index contributed by atoms with van der Waals surface area (Å²) in [5.74, 6) is -0.534. The minimum Gasteiger partial charge on any atom is -0.497 e. The number of benzene rings is 1. The van der Waals surface area contributed by atoms with Crippen LogP contribution >= 0.6 is 0 Å². The van der Waals surface area contributed by atoms with Gasteiger partial charge in [-0.05, 0) is 83.4 Å². The van der Waals surface area contributed by atoms with Crippen molar-refractivity contribution in [2.75, 3.05) is 40.1 Å². The predicted octanol–water partition coefficient (Wildman–Crippen LogP) is 3.90. The Hall–Kier alpha value is -2.89. The van der Waals surface area contributed by atoms with Crippen molar-refractivity contribution in [3.8, 4) is 5.75 Å². The van der Waals surface area contributed by atoms with E-state index in [2.05, 4.69) is 0 Å². The predicted molar refractivity (Wildman–Crippen MR) is 160 cm³/mol. The maximum absolute atomic E-state index is 14.5. The van der Waals surface area contributed by atoms with Crippen LogP contribution in [0.3, 0.4) is 0 Å². The molecular formula is C33H48N2O9. The largest absolute Gasteiger partial charge is 0.497 e. The van der Waals surface area contributed by atoms with Gasteiger partial charge in [-0.3, -0.25) is 9.59 Å². The van der Waals surface area contributed by atoms with Crippen molar-refractivity contribution >= 4 is 18.0 Å². The monoisotopic (exact) mass is 616 g/mol. The van der Waals surface area contributed by atoms with Gasteiger partial charge in [-0.2, -0.15) is 0 Å². The molecule has 1 aliphatic carbocycles. The molecule has 0 radical (unpaired) electrons. The summed E-state index contributed by atoms with van der Waals surface area (Å²) in [5.41, 5.74) is -2.13. The smallest absolute Gasteiger partial charge is 0.410 e. The van der Waals surface area contributed by atoms with Gasteiger partial charge in [0.2, 0.25) is 5.91 Å². The molecule has 1 unspecified atom stereocenters. The summed E-state index contributed by atoms with van der Waals surface area (Å²) in [4.78, 5) is 45.4. The van der Waals surface area contributed by atoms with Gasteiger partial charge in [-0.1, -0.05) is 12.1 Å². The first kappa shape index (κ1) is 32.5. The Kier molecular flexibility index (Phi) is 9.49. The molecule has 4 aliphatic rings. The van der Waals surface area contributed by atoms with Gasteiger partial charge in [0, 0.05) is 31.0 Å². The van der Waals surface area contributed by atoms with Gasteiger partial charge in [0.1, 0.15) is 11.4 Å². The van der Waals surface area contributed by atoms with Crippen molar-refractivity contribution in [1.29, 1.82) is 0 Å². The lowest BCUT2D eigenvalue weighted by atomic mass is 9.52. The average Bonchev–Trinajstić information content (AvgIpc) is 3.15. The minimum absolute atomic E-state index is 0.0651. The molecule has 6 atom stereocenters. The topological polar surface area (TPSA) is 124 Å². The fourth-order valence-electron chi connectivity index (χ4n) is 8.10. The van der Waals surface area contributed by atoms with Crippen LogP contribution in [0.5, 0.6) is 5.75 Å². The first-order valence-corrected chi connectivity index (χ1v) is 15.9. The van der Waals surface area contributed by atoms with Crippen molar-refractivity contribution in [2.45, 2.75) is 96.2 Å². The van der Waals surface area contributed by atoms with Crippen molar-refractivity contribution in [1.82, 2.24) is 9.80 Å². The molecule has 5 rings (SSSR count). The van der Waals surface area contributed by atoms with Crippen molar-refractivity contribution in [3.63, 3.8) is 0 Å². The number of piperidine rings is 1. The molecule has 1 N–H and O–H groups in total. The standard InChI is InChI=1S/C33H48N2O9/c1-6-41-26(37)18-33-25-14-15-34(30(39)44-31(2,3)4)29(33)32(20-36,21-43-27-9-7-8-16-42-27)17-24(25)28(38)35(33)19-22-10-12-23(40-5)13-11-22/h10-13,24-25,27,29,36H,6-9,14-21H2,1-5H3/t24-,25+,27?,29-,32+,33-/m0/s1. The molecule has 1 aromatic carbocycles. The summed E-state index contributed by atoms with van der Waals surface area (Å²) in [6.07, 6.45) is 2.38. The molecule has 4 bridgehead atoms. The molecule has 4 fully saturated rings. The number of nitrogens with zero attached hydrogens (tertiary/aromatic N) is 2. The number of esters is 1. The van der Waals surface area contributed by atoms with Gasteiger partial charge in [0.05, 0.1) is 44.9 Å². The van der Waals surface area contributed by atoms with Crippen molar-refractivity contribution < 1.29 is 43.2 Å². The summed E-state index contributed by atoms with van der Waals surface area (Å²) < 4.78 is 29.0. The molecule has 11 heteroatoms. The third-order valence-corrected chi connectivity index (χ3v) is 9.76. The number of rotatable bonds is 10. The number of ether oxygens (including phenoxy) is 5. The zero-order chi connectivity index (χ0) is 31.7. The van der Waals surface area contributed by atoms with Crippen molar-refractivity contribution in [3.05, 3.63) is 29.8 Å². The van der Waals surface area contributed by atoms with E-state index in [1.807, 2.05) is 24.3 Å². The van der Waals surface area contributed by atoms with E-state index < -0.39 is 46.9 Å². The second kappa shape index (κ2) is 12.8. The van der Waals surface area contributed by atoms with Crippen LogP contribution < -0.4 is 4.74 Å². The summed E-state index contributed by atoms with van der Waals surface area (Å²) in [7, 11) is 1.60. The maximum atomic E-state index is 14.5. The molecule has 0 spiro atoms. The lowest BCUT2D eigenvalue weighted by Crippen LogP contribution is -2.76. The molecular weight excluding hydrogens is 568 g/mol. The van der Waals surface area contributed by atoms with Crippen LogP contribution in [0.2, 0.25) is 0 Å². The summed E-state index contributed by atoms with van der Waals surface area (Å²) >= 11 is 0. The molecule has 3 aliphatic heterocycles. The van der Waals surface area contributed by atoms with Crippen LogP contribution in [0.15, 0.2) is 24.3 Å². The molecule has 0 aromatic heterocycles. The third kappa shape index (κ3) is 6.02. The molecule has 3 heterocycles. The Morgan fingerprint density at radius 1 is 1.14 bits per heavy atom. The summed E-state index contributed by atoms with van der Waals surface area (Å²) in [6, 6.07) is 6.70. The van der Waals surface area contributed by atoms with E-state index in [0.29, 0.717) is 31.7 Å².